The lowest BCUT2D eigenvalue weighted by Crippen LogP contribution is -2.60. The molecule has 1 saturated heterocycles. The molecule has 2 aromatic carbocycles. The Morgan fingerprint density at radius 3 is 2.62 bits per heavy atom. The van der Waals surface area contributed by atoms with E-state index in [2.05, 4.69) is 16.5 Å². The summed E-state index contributed by atoms with van der Waals surface area (Å²) in [6.07, 6.45) is 2.94. The summed E-state index contributed by atoms with van der Waals surface area (Å²) in [5.41, 5.74) is 7.16. The quantitative estimate of drug-likeness (QED) is 0.146. The molecule has 13 heteroatoms. The molecule has 1 amide bonds. The number of carbonyl (C=O) groups is 1. The normalized spacial score (nSPS) is 17.9. The number of carbonyl (C=O) groups excluding carboxylic acids is 1. The highest BCUT2D eigenvalue weighted by Crippen LogP contribution is 2.47. The molecule has 2 aliphatic heterocycles. The molecule has 6 rings (SSSR count). The lowest BCUT2D eigenvalue weighted by atomic mass is 9.99. The number of amides is 1. The van der Waals surface area contributed by atoms with Gasteiger partial charge >= 0.3 is 5.69 Å². The van der Waals surface area contributed by atoms with Crippen LogP contribution >= 0.6 is 35.0 Å². The first-order valence-corrected chi connectivity index (χ1v) is 16.1. The fraction of sp³-hybridized carbons (Fsp3) is 0.312. The van der Waals surface area contributed by atoms with Crippen LogP contribution in [-0.2, 0) is 4.79 Å². The Kier molecular flexibility index (Phi) is 8.07. The SMILES string of the molecule is C=CC(=O)N1CC2CSc3c(F)c(-c4c(N)c(Cl)cc(Cl)c4F)cc4c3c(nc(=O)n4-c3c(C)ccnc3C(C)C)N2CC1C. The predicted molar refractivity (Wildman–Crippen MR) is 177 cm³/mol. The standard InChI is InChI=1S/C32H30Cl2F2N6O2S/c1-6-22(43)40-12-17-13-45-30-24-21(9-18(25(30)35)23-26(36)19(33)10-20(34)27(23)37)42(29-15(4)7-8-38-28(29)14(2)3)32(44)39-31(24)41(17)11-16(40)5/h6-10,14,16-17H,1,11-13,37H2,2-5H3. The maximum Gasteiger partial charge on any atom is 0.354 e. The maximum atomic E-state index is 16.9. The van der Waals surface area contributed by atoms with Crippen LogP contribution in [0.3, 0.4) is 0 Å². The third-order valence-corrected chi connectivity index (χ3v) is 10.3. The number of pyridine rings is 1. The first-order valence-electron chi connectivity index (χ1n) is 14.4. The van der Waals surface area contributed by atoms with Gasteiger partial charge in [-0.15, -0.1) is 11.8 Å². The minimum atomic E-state index is -0.934. The van der Waals surface area contributed by atoms with Crippen molar-refractivity contribution in [2.45, 2.75) is 50.6 Å². The van der Waals surface area contributed by atoms with Crippen LogP contribution in [0.25, 0.3) is 27.7 Å². The minimum absolute atomic E-state index is 0.0366. The Morgan fingerprint density at radius 1 is 1.20 bits per heavy atom. The third-order valence-electron chi connectivity index (χ3n) is 8.45. The number of thioether (sulfide) groups is 1. The number of aromatic nitrogens is 3. The highest BCUT2D eigenvalue weighted by atomic mass is 35.5. The second kappa shape index (κ2) is 11.6. The van der Waals surface area contributed by atoms with Crippen molar-refractivity contribution in [1.82, 2.24) is 19.4 Å². The molecular formula is C32H30Cl2F2N6O2S. The Bertz CT molecular complexity index is 1960. The van der Waals surface area contributed by atoms with Crippen LogP contribution in [0, 0.1) is 18.6 Å². The van der Waals surface area contributed by atoms with Crippen LogP contribution in [-0.4, -0.2) is 56.3 Å². The number of hydrogen-bond acceptors (Lipinski definition) is 7. The van der Waals surface area contributed by atoms with Gasteiger partial charge in [0.05, 0.1) is 49.0 Å². The minimum Gasteiger partial charge on any atom is -0.397 e. The van der Waals surface area contributed by atoms with Crippen molar-refractivity contribution < 1.29 is 13.6 Å². The molecule has 0 spiro atoms. The zero-order valence-corrected chi connectivity index (χ0v) is 27.3. The molecule has 45 heavy (non-hydrogen) atoms. The number of nitrogens with two attached hydrogens (primary N) is 1. The summed E-state index contributed by atoms with van der Waals surface area (Å²) in [6.45, 7) is 12.0. The second-order valence-corrected chi connectivity index (χ2v) is 13.5. The Hall–Kier alpha value is -3.67. The summed E-state index contributed by atoms with van der Waals surface area (Å²) >= 11 is 13.7. The molecule has 0 saturated carbocycles. The number of aryl methyl sites for hydroxylation is 1. The number of piperazine rings is 1. The first kappa shape index (κ1) is 31.3. The van der Waals surface area contributed by atoms with E-state index in [1.807, 2.05) is 32.6 Å². The number of rotatable bonds is 4. The highest BCUT2D eigenvalue weighted by molar-refractivity contribution is 7.99. The van der Waals surface area contributed by atoms with Crippen molar-refractivity contribution in [3.63, 3.8) is 0 Å². The maximum absolute atomic E-state index is 16.9. The molecular weight excluding hydrogens is 641 g/mol. The summed E-state index contributed by atoms with van der Waals surface area (Å²) in [5, 5.41) is 0.0351. The second-order valence-electron chi connectivity index (χ2n) is 11.6. The van der Waals surface area contributed by atoms with Gasteiger partial charge in [-0.05, 0) is 49.6 Å². The smallest absolute Gasteiger partial charge is 0.354 e. The number of nitrogen functional groups attached to an aromatic ring is 1. The van der Waals surface area contributed by atoms with Crippen LogP contribution in [0.5, 0.6) is 0 Å². The predicted octanol–water partition coefficient (Wildman–Crippen LogP) is 6.74. The molecule has 234 valence electrons. The topological polar surface area (TPSA) is 97.3 Å². The lowest BCUT2D eigenvalue weighted by Gasteiger charge is -2.45. The fourth-order valence-corrected chi connectivity index (χ4v) is 7.94. The van der Waals surface area contributed by atoms with Gasteiger partial charge in [0.2, 0.25) is 5.91 Å². The van der Waals surface area contributed by atoms with E-state index in [-0.39, 0.29) is 55.7 Å². The number of anilines is 2. The Labute approximate surface area is 272 Å². The molecule has 8 nitrogen and oxygen atoms in total. The van der Waals surface area contributed by atoms with E-state index < -0.39 is 17.3 Å². The van der Waals surface area contributed by atoms with Crippen LogP contribution < -0.4 is 16.3 Å². The van der Waals surface area contributed by atoms with E-state index in [9.17, 15) is 9.59 Å². The summed E-state index contributed by atoms with van der Waals surface area (Å²) in [6, 6.07) is 3.83. The molecule has 0 bridgehead atoms. The molecule has 0 aliphatic carbocycles. The average Bonchev–Trinajstić information content (AvgIpc) is 3.15. The van der Waals surface area contributed by atoms with Crippen LogP contribution in [0.2, 0.25) is 10.0 Å². The molecule has 2 aromatic heterocycles. The molecule has 2 aliphatic rings. The summed E-state index contributed by atoms with van der Waals surface area (Å²) in [7, 11) is 0. The summed E-state index contributed by atoms with van der Waals surface area (Å²) in [4.78, 5) is 39.9. The number of hydrogen-bond donors (Lipinski definition) is 1. The van der Waals surface area contributed by atoms with E-state index >= 15 is 8.78 Å². The number of fused-ring (bicyclic) bond motifs is 2. The largest absolute Gasteiger partial charge is 0.397 e. The van der Waals surface area contributed by atoms with Gasteiger partial charge in [-0.3, -0.25) is 14.3 Å². The highest BCUT2D eigenvalue weighted by Gasteiger charge is 2.39. The number of halogens is 4. The molecule has 2 N–H and O–H groups in total. The number of nitrogens with zero attached hydrogens (tertiary/aromatic N) is 5. The lowest BCUT2D eigenvalue weighted by molar-refractivity contribution is -0.128. The van der Waals surface area contributed by atoms with Crippen molar-refractivity contribution in [3.05, 3.63) is 80.5 Å². The van der Waals surface area contributed by atoms with Crippen molar-refractivity contribution in [2.75, 3.05) is 29.5 Å². The average molecular weight is 672 g/mol. The van der Waals surface area contributed by atoms with E-state index in [1.54, 1.807) is 17.2 Å². The van der Waals surface area contributed by atoms with Gasteiger partial charge in [-0.1, -0.05) is 43.6 Å². The zero-order chi connectivity index (χ0) is 32.5. The van der Waals surface area contributed by atoms with Gasteiger partial charge in [-0.25, -0.2) is 13.6 Å². The van der Waals surface area contributed by atoms with Crippen molar-refractivity contribution in [1.29, 1.82) is 0 Å². The summed E-state index contributed by atoms with van der Waals surface area (Å²) < 4.78 is 34.0. The van der Waals surface area contributed by atoms with Gasteiger partial charge in [0.25, 0.3) is 0 Å². The summed E-state index contributed by atoms with van der Waals surface area (Å²) in [5.74, 6) is -1.32. The van der Waals surface area contributed by atoms with Crippen molar-refractivity contribution in [3.8, 4) is 16.8 Å². The molecule has 4 heterocycles. The van der Waals surface area contributed by atoms with Crippen LogP contribution in [0.4, 0.5) is 20.3 Å². The van der Waals surface area contributed by atoms with Gasteiger partial charge in [0, 0.05) is 42.2 Å². The molecule has 4 aromatic rings. The third kappa shape index (κ3) is 4.96. The van der Waals surface area contributed by atoms with Gasteiger partial charge in [-0.2, -0.15) is 4.98 Å². The van der Waals surface area contributed by atoms with Crippen LogP contribution in [0.15, 0.2) is 46.7 Å². The van der Waals surface area contributed by atoms with E-state index in [0.717, 1.165) is 5.56 Å². The monoisotopic (exact) mass is 670 g/mol. The van der Waals surface area contributed by atoms with E-state index in [4.69, 9.17) is 28.9 Å². The van der Waals surface area contributed by atoms with Gasteiger partial charge in [0.1, 0.15) is 11.6 Å². The first-order chi connectivity index (χ1) is 21.3. The van der Waals surface area contributed by atoms with Crippen LogP contribution in [0.1, 0.15) is 37.9 Å². The van der Waals surface area contributed by atoms with E-state index in [1.165, 1.54) is 34.5 Å². The molecule has 2 atom stereocenters. The van der Waals surface area contributed by atoms with Gasteiger partial charge in [0.15, 0.2) is 5.82 Å². The van der Waals surface area contributed by atoms with Gasteiger partial charge < -0.3 is 15.5 Å². The molecule has 1 fully saturated rings. The van der Waals surface area contributed by atoms with Crippen molar-refractivity contribution >= 4 is 63.3 Å². The molecule has 0 radical (unpaired) electrons. The molecule has 2 unspecified atom stereocenters. The zero-order valence-electron chi connectivity index (χ0n) is 25.0. The number of benzene rings is 2. The van der Waals surface area contributed by atoms with Crippen molar-refractivity contribution in [2.24, 2.45) is 0 Å². The van der Waals surface area contributed by atoms with E-state index in [0.29, 0.717) is 46.9 Å². The Balaban J connectivity index is 1.74. The Morgan fingerprint density at radius 2 is 1.93 bits per heavy atom. The fourth-order valence-electron chi connectivity index (χ4n) is 6.26.